The van der Waals surface area contributed by atoms with Crippen molar-refractivity contribution in [3.8, 4) is 0 Å². The van der Waals surface area contributed by atoms with E-state index in [2.05, 4.69) is 12.2 Å². The zero-order valence-corrected chi connectivity index (χ0v) is 13.8. The summed E-state index contributed by atoms with van der Waals surface area (Å²) in [6.07, 6.45) is 0.691. The Morgan fingerprint density at radius 1 is 1.05 bits per heavy atom. The van der Waals surface area contributed by atoms with Crippen LogP contribution in [0.5, 0.6) is 0 Å². The summed E-state index contributed by atoms with van der Waals surface area (Å²) >= 11 is 12.1. The van der Waals surface area contributed by atoms with Crippen LogP contribution in [0.25, 0.3) is 0 Å². The van der Waals surface area contributed by atoms with E-state index in [9.17, 15) is 0 Å². The lowest BCUT2D eigenvalue weighted by atomic mass is 10.1. The van der Waals surface area contributed by atoms with Crippen molar-refractivity contribution in [2.75, 3.05) is 19.8 Å². The van der Waals surface area contributed by atoms with Crippen molar-refractivity contribution in [1.82, 2.24) is 5.32 Å². The molecule has 0 radical (unpaired) electrons. The van der Waals surface area contributed by atoms with Gasteiger partial charge in [-0.15, -0.1) is 0 Å². The van der Waals surface area contributed by atoms with Crippen LogP contribution in [-0.4, -0.2) is 26.0 Å². The minimum atomic E-state index is -0.339. The molecule has 0 aliphatic carbocycles. The number of hydrogen-bond acceptors (Lipinski definition) is 3. The monoisotopic (exact) mass is 319 g/mol. The lowest BCUT2D eigenvalue weighted by molar-refractivity contribution is -0.155. The minimum Gasteiger partial charge on any atom is -0.351 e. The zero-order valence-electron chi connectivity index (χ0n) is 12.3. The maximum Gasteiger partial charge on any atom is 0.176 e. The summed E-state index contributed by atoms with van der Waals surface area (Å²) in [7, 11) is 0. The Morgan fingerprint density at radius 3 is 2.20 bits per heavy atom. The molecule has 0 aliphatic heterocycles. The predicted molar refractivity (Wildman–Crippen MR) is 84.5 cm³/mol. The molecule has 0 bridgehead atoms. The summed E-state index contributed by atoms with van der Waals surface area (Å²) in [5, 5.41) is 4.54. The molecule has 0 saturated carbocycles. The van der Waals surface area contributed by atoms with Crippen molar-refractivity contribution in [2.24, 2.45) is 0 Å². The standard InChI is InChI=1S/C15H23Cl2NO2/c1-4-9-18-14(15(19-5-2)20-6-3)11-7-8-12(16)13(17)10-11/h7-8,10,14-15,18H,4-6,9H2,1-3H3. The number of nitrogens with one attached hydrogen (secondary N) is 1. The molecule has 0 aliphatic rings. The molecular weight excluding hydrogens is 297 g/mol. The Balaban J connectivity index is 2.98. The Bertz CT molecular complexity index is 395. The first kappa shape index (κ1) is 17.7. The van der Waals surface area contributed by atoms with Gasteiger partial charge in [0.15, 0.2) is 6.29 Å². The fraction of sp³-hybridized carbons (Fsp3) is 0.600. The Hall–Kier alpha value is -0.320. The van der Waals surface area contributed by atoms with Crippen LogP contribution < -0.4 is 5.32 Å². The normalized spacial score (nSPS) is 12.9. The van der Waals surface area contributed by atoms with Gasteiger partial charge in [0, 0.05) is 13.2 Å². The number of halogens is 2. The van der Waals surface area contributed by atoms with Crippen LogP contribution in [0, 0.1) is 0 Å². The predicted octanol–water partition coefficient (Wildman–Crippen LogP) is 4.43. The Morgan fingerprint density at radius 2 is 1.70 bits per heavy atom. The van der Waals surface area contributed by atoms with Crippen LogP contribution in [-0.2, 0) is 9.47 Å². The lowest BCUT2D eigenvalue weighted by Gasteiger charge is -2.28. The van der Waals surface area contributed by atoms with E-state index in [1.807, 2.05) is 26.0 Å². The maximum atomic E-state index is 6.11. The molecule has 1 unspecified atom stereocenters. The fourth-order valence-corrected chi connectivity index (χ4v) is 2.25. The van der Waals surface area contributed by atoms with Crippen molar-refractivity contribution < 1.29 is 9.47 Å². The third kappa shape index (κ3) is 5.23. The molecular formula is C15H23Cl2NO2. The first-order valence-corrected chi connectivity index (χ1v) is 7.81. The van der Waals surface area contributed by atoms with Gasteiger partial charge < -0.3 is 14.8 Å². The van der Waals surface area contributed by atoms with Gasteiger partial charge in [-0.05, 0) is 44.5 Å². The van der Waals surface area contributed by atoms with E-state index in [0.29, 0.717) is 23.3 Å². The first-order valence-electron chi connectivity index (χ1n) is 7.05. The van der Waals surface area contributed by atoms with Crippen molar-refractivity contribution in [3.63, 3.8) is 0 Å². The zero-order chi connectivity index (χ0) is 15.0. The summed E-state index contributed by atoms with van der Waals surface area (Å²) in [5.74, 6) is 0. The van der Waals surface area contributed by atoms with Crippen LogP contribution in [0.4, 0.5) is 0 Å². The summed E-state index contributed by atoms with van der Waals surface area (Å²) in [4.78, 5) is 0. The van der Waals surface area contributed by atoms with Gasteiger partial charge in [0.25, 0.3) is 0 Å². The van der Waals surface area contributed by atoms with E-state index < -0.39 is 0 Å². The molecule has 1 rings (SSSR count). The molecule has 5 heteroatoms. The van der Waals surface area contributed by atoms with Gasteiger partial charge in [0.05, 0.1) is 16.1 Å². The second-order valence-electron chi connectivity index (χ2n) is 4.38. The molecule has 0 saturated heterocycles. The summed E-state index contributed by atoms with van der Waals surface area (Å²) in [6, 6.07) is 5.55. The second kappa shape index (κ2) is 9.59. The van der Waals surface area contributed by atoms with E-state index >= 15 is 0 Å². The van der Waals surface area contributed by atoms with Gasteiger partial charge in [-0.1, -0.05) is 36.2 Å². The van der Waals surface area contributed by atoms with Gasteiger partial charge in [0.1, 0.15) is 0 Å². The van der Waals surface area contributed by atoms with Crippen LogP contribution in [0.15, 0.2) is 18.2 Å². The quantitative estimate of drug-likeness (QED) is 0.683. The molecule has 1 aromatic carbocycles. The van der Waals surface area contributed by atoms with Crippen LogP contribution >= 0.6 is 23.2 Å². The molecule has 0 heterocycles. The Kier molecular flexibility index (Phi) is 8.50. The second-order valence-corrected chi connectivity index (χ2v) is 5.20. The van der Waals surface area contributed by atoms with Gasteiger partial charge in [-0.2, -0.15) is 0 Å². The van der Waals surface area contributed by atoms with E-state index in [1.54, 1.807) is 6.07 Å². The molecule has 0 fully saturated rings. The number of hydrogen-bond donors (Lipinski definition) is 1. The highest BCUT2D eigenvalue weighted by Crippen LogP contribution is 2.28. The van der Waals surface area contributed by atoms with E-state index in [0.717, 1.165) is 18.5 Å². The molecule has 0 aromatic heterocycles. The largest absolute Gasteiger partial charge is 0.351 e. The molecule has 0 amide bonds. The van der Waals surface area contributed by atoms with Gasteiger partial charge in [-0.3, -0.25) is 0 Å². The average molecular weight is 320 g/mol. The highest BCUT2D eigenvalue weighted by atomic mass is 35.5. The summed E-state index contributed by atoms with van der Waals surface area (Å²) < 4.78 is 11.4. The first-order chi connectivity index (χ1) is 9.63. The third-order valence-corrected chi connectivity index (χ3v) is 3.59. The molecule has 1 aromatic rings. The van der Waals surface area contributed by atoms with Crippen LogP contribution in [0.1, 0.15) is 38.8 Å². The molecule has 3 nitrogen and oxygen atoms in total. The maximum absolute atomic E-state index is 6.11. The summed E-state index contributed by atoms with van der Waals surface area (Å²) in [5.41, 5.74) is 1.01. The average Bonchev–Trinajstić information content (AvgIpc) is 2.43. The third-order valence-electron chi connectivity index (χ3n) is 2.85. The number of benzene rings is 1. The highest BCUT2D eigenvalue weighted by Gasteiger charge is 2.24. The van der Waals surface area contributed by atoms with Crippen LogP contribution in [0.3, 0.4) is 0 Å². The highest BCUT2D eigenvalue weighted by molar-refractivity contribution is 6.42. The number of rotatable bonds is 9. The molecule has 1 N–H and O–H groups in total. The summed E-state index contributed by atoms with van der Waals surface area (Å²) in [6.45, 7) is 8.10. The van der Waals surface area contributed by atoms with Crippen molar-refractivity contribution in [3.05, 3.63) is 33.8 Å². The fourth-order valence-electron chi connectivity index (χ4n) is 1.95. The minimum absolute atomic E-state index is 0.0652. The van der Waals surface area contributed by atoms with Crippen molar-refractivity contribution in [1.29, 1.82) is 0 Å². The Labute approximate surface area is 131 Å². The van der Waals surface area contributed by atoms with E-state index in [-0.39, 0.29) is 12.3 Å². The smallest absolute Gasteiger partial charge is 0.176 e. The SMILES string of the molecule is CCCNC(c1ccc(Cl)c(Cl)c1)C(OCC)OCC. The van der Waals surface area contributed by atoms with Gasteiger partial charge in [-0.25, -0.2) is 0 Å². The van der Waals surface area contributed by atoms with Gasteiger partial charge >= 0.3 is 0 Å². The van der Waals surface area contributed by atoms with E-state index in [4.69, 9.17) is 32.7 Å². The van der Waals surface area contributed by atoms with Gasteiger partial charge in [0.2, 0.25) is 0 Å². The van der Waals surface area contributed by atoms with E-state index in [1.165, 1.54) is 0 Å². The molecule has 114 valence electrons. The van der Waals surface area contributed by atoms with Crippen molar-refractivity contribution >= 4 is 23.2 Å². The molecule has 0 spiro atoms. The van der Waals surface area contributed by atoms with Crippen molar-refractivity contribution in [2.45, 2.75) is 39.5 Å². The van der Waals surface area contributed by atoms with Crippen LogP contribution in [0.2, 0.25) is 10.0 Å². The topological polar surface area (TPSA) is 30.5 Å². The molecule has 1 atom stereocenters. The molecule has 20 heavy (non-hydrogen) atoms. The lowest BCUT2D eigenvalue weighted by Crippen LogP contribution is -2.36. The number of ether oxygens (including phenoxy) is 2.